The Bertz CT molecular complexity index is 1060. The SMILES string of the molecule is O=c1[nH]c2ccc(S(=O)(=O)NCC(c3ccco3)N3CCOCC3)cc2[nH]1. The minimum atomic E-state index is -3.75. The Balaban J connectivity index is 1.55. The van der Waals surface area contributed by atoms with E-state index < -0.39 is 10.0 Å². The van der Waals surface area contributed by atoms with Gasteiger partial charge in [0.2, 0.25) is 10.0 Å². The molecule has 1 aromatic carbocycles. The number of sulfonamides is 1. The van der Waals surface area contributed by atoms with Gasteiger partial charge in [-0.25, -0.2) is 17.9 Å². The van der Waals surface area contributed by atoms with Crippen LogP contribution in [-0.4, -0.2) is 56.1 Å². The lowest BCUT2D eigenvalue weighted by Gasteiger charge is -2.33. The first-order valence-corrected chi connectivity index (χ1v) is 10.1. The molecule has 10 heteroatoms. The summed E-state index contributed by atoms with van der Waals surface area (Å²) in [6.07, 6.45) is 1.58. The monoisotopic (exact) mass is 392 g/mol. The number of rotatable bonds is 6. The van der Waals surface area contributed by atoms with E-state index in [0.717, 1.165) is 0 Å². The van der Waals surface area contributed by atoms with Gasteiger partial charge < -0.3 is 19.1 Å². The molecule has 144 valence electrons. The van der Waals surface area contributed by atoms with Crippen LogP contribution in [-0.2, 0) is 14.8 Å². The van der Waals surface area contributed by atoms with Crippen molar-refractivity contribution < 1.29 is 17.6 Å². The van der Waals surface area contributed by atoms with Crippen molar-refractivity contribution in [1.82, 2.24) is 19.6 Å². The molecule has 1 fully saturated rings. The highest BCUT2D eigenvalue weighted by Crippen LogP contribution is 2.23. The fourth-order valence-corrected chi connectivity index (χ4v) is 4.29. The zero-order chi connectivity index (χ0) is 18.9. The maximum atomic E-state index is 12.8. The van der Waals surface area contributed by atoms with Crippen molar-refractivity contribution in [3.8, 4) is 0 Å². The van der Waals surface area contributed by atoms with Crippen molar-refractivity contribution >= 4 is 21.1 Å². The Labute approximate surface area is 155 Å². The lowest BCUT2D eigenvalue weighted by Crippen LogP contribution is -2.43. The summed E-state index contributed by atoms with van der Waals surface area (Å²) < 4.78 is 39.1. The van der Waals surface area contributed by atoms with E-state index in [1.165, 1.54) is 12.1 Å². The van der Waals surface area contributed by atoms with E-state index in [1.54, 1.807) is 18.4 Å². The first-order valence-electron chi connectivity index (χ1n) is 8.60. The van der Waals surface area contributed by atoms with E-state index >= 15 is 0 Å². The fourth-order valence-electron chi connectivity index (χ4n) is 3.23. The molecule has 27 heavy (non-hydrogen) atoms. The number of ether oxygens (including phenoxy) is 1. The number of nitrogens with one attached hydrogen (secondary N) is 3. The Morgan fingerprint density at radius 2 is 1.93 bits per heavy atom. The molecule has 0 saturated carbocycles. The smallest absolute Gasteiger partial charge is 0.323 e. The van der Waals surface area contributed by atoms with Gasteiger partial charge in [0.05, 0.1) is 41.4 Å². The number of imidazole rings is 1. The molecule has 0 spiro atoms. The highest BCUT2D eigenvalue weighted by molar-refractivity contribution is 7.89. The molecule has 9 nitrogen and oxygen atoms in total. The number of fused-ring (bicyclic) bond motifs is 1. The first-order chi connectivity index (χ1) is 13.0. The van der Waals surface area contributed by atoms with Gasteiger partial charge in [-0.3, -0.25) is 4.90 Å². The number of aromatic nitrogens is 2. The average molecular weight is 392 g/mol. The molecule has 0 amide bonds. The molecule has 2 aromatic heterocycles. The molecule has 1 atom stereocenters. The molecule has 1 saturated heterocycles. The quantitative estimate of drug-likeness (QED) is 0.571. The third kappa shape index (κ3) is 3.83. The minimum absolute atomic E-state index is 0.0884. The predicted octanol–water partition coefficient (Wildman–Crippen LogP) is 0.801. The number of hydrogen-bond acceptors (Lipinski definition) is 6. The van der Waals surface area contributed by atoms with Gasteiger partial charge in [-0.2, -0.15) is 0 Å². The second kappa shape index (κ2) is 7.31. The molecule has 3 N–H and O–H groups in total. The number of morpholine rings is 1. The minimum Gasteiger partial charge on any atom is -0.468 e. The molecule has 3 heterocycles. The van der Waals surface area contributed by atoms with Gasteiger partial charge >= 0.3 is 5.69 Å². The second-order valence-electron chi connectivity index (χ2n) is 6.32. The van der Waals surface area contributed by atoms with E-state index in [9.17, 15) is 13.2 Å². The van der Waals surface area contributed by atoms with Gasteiger partial charge in [-0.05, 0) is 30.3 Å². The number of nitrogens with zero attached hydrogens (tertiary/aromatic N) is 1. The van der Waals surface area contributed by atoms with Gasteiger partial charge in [0, 0.05) is 19.6 Å². The van der Waals surface area contributed by atoms with Gasteiger partial charge in [-0.15, -0.1) is 0 Å². The number of benzene rings is 1. The van der Waals surface area contributed by atoms with Crippen molar-refractivity contribution in [3.05, 3.63) is 52.8 Å². The van der Waals surface area contributed by atoms with Gasteiger partial charge in [-0.1, -0.05) is 0 Å². The largest absolute Gasteiger partial charge is 0.468 e. The average Bonchev–Trinajstić information content (AvgIpc) is 3.31. The zero-order valence-corrected chi connectivity index (χ0v) is 15.3. The first kappa shape index (κ1) is 18.0. The number of H-pyrrole nitrogens is 2. The normalized spacial score (nSPS) is 17.3. The highest BCUT2D eigenvalue weighted by Gasteiger charge is 2.27. The van der Waals surface area contributed by atoms with Crippen LogP contribution >= 0.6 is 0 Å². The summed E-state index contributed by atoms with van der Waals surface area (Å²) in [6.45, 7) is 2.76. The molecule has 1 unspecified atom stereocenters. The number of hydrogen-bond donors (Lipinski definition) is 3. The summed E-state index contributed by atoms with van der Waals surface area (Å²) >= 11 is 0. The molecule has 3 aromatic rings. The van der Waals surface area contributed by atoms with Gasteiger partial charge in [0.25, 0.3) is 0 Å². The number of furan rings is 1. The molecule has 0 aliphatic carbocycles. The van der Waals surface area contributed by atoms with Crippen LogP contribution in [0.5, 0.6) is 0 Å². The Hall–Kier alpha value is -2.40. The summed E-state index contributed by atoms with van der Waals surface area (Å²) in [5.41, 5.74) is 0.622. The summed E-state index contributed by atoms with van der Waals surface area (Å²) in [7, 11) is -3.75. The summed E-state index contributed by atoms with van der Waals surface area (Å²) in [5.74, 6) is 0.699. The van der Waals surface area contributed by atoms with Crippen LogP contribution in [0.15, 0.2) is 50.7 Å². The zero-order valence-electron chi connectivity index (χ0n) is 14.5. The van der Waals surface area contributed by atoms with Crippen molar-refractivity contribution in [3.63, 3.8) is 0 Å². The molecular weight excluding hydrogens is 372 g/mol. The number of aromatic amines is 2. The summed E-state index contributed by atoms with van der Waals surface area (Å²) in [6, 6.07) is 7.86. The second-order valence-corrected chi connectivity index (χ2v) is 8.08. The maximum Gasteiger partial charge on any atom is 0.323 e. The molecule has 1 aliphatic heterocycles. The molecule has 1 aliphatic rings. The van der Waals surface area contributed by atoms with Crippen LogP contribution in [0.3, 0.4) is 0 Å². The van der Waals surface area contributed by atoms with Gasteiger partial charge in [0.1, 0.15) is 5.76 Å². The van der Waals surface area contributed by atoms with Crippen LogP contribution in [0.1, 0.15) is 11.8 Å². The molecule has 4 rings (SSSR count). The Kier molecular flexibility index (Phi) is 4.87. The summed E-state index contributed by atoms with van der Waals surface area (Å²) in [4.78, 5) is 18.8. The lowest BCUT2D eigenvalue weighted by molar-refractivity contribution is 0.0128. The van der Waals surface area contributed by atoms with Gasteiger partial charge in [0.15, 0.2) is 0 Å². The lowest BCUT2D eigenvalue weighted by atomic mass is 10.2. The van der Waals surface area contributed by atoms with Crippen LogP contribution in [0.4, 0.5) is 0 Å². The third-order valence-corrected chi connectivity index (χ3v) is 6.04. The van der Waals surface area contributed by atoms with Crippen molar-refractivity contribution in [2.45, 2.75) is 10.9 Å². The molecular formula is C17H20N4O5S. The van der Waals surface area contributed by atoms with E-state index in [4.69, 9.17) is 9.15 Å². The van der Waals surface area contributed by atoms with Crippen molar-refractivity contribution in [1.29, 1.82) is 0 Å². The standard InChI is InChI=1S/C17H20N4O5S/c22-17-19-13-4-3-12(10-14(13)20-17)27(23,24)18-11-15(16-2-1-7-26-16)21-5-8-25-9-6-21/h1-4,7,10,15,18H,5-6,8-9,11H2,(H2,19,20,22). The van der Waals surface area contributed by atoms with E-state index in [0.29, 0.717) is 43.1 Å². The molecule has 0 radical (unpaired) electrons. The van der Waals surface area contributed by atoms with Crippen LogP contribution in [0.2, 0.25) is 0 Å². The van der Waals surface area contributed by atoms with E-state index in [-0.39, 0.29) is 23.2 Å². The Morgan fingerprint density at radius 1 is 1.15 bits per heavy atom. The predicted molar refractivity (Wildman–Crippen MR) is 97.9 cm³/mol. The third-order valence-electron chi connectivity index (χ3n) is 4.62. The summed E-state index contributed by atoms with van der Waals surface area (Å²) in [5, 5.41) is 0. The van der Waals surface area contributed by atoms with Crippen LogP contribution < -0.4 is 10.4 Å². The topological polar surface area (TPSA) is 120 Å². The maximum absolute atomic E-state index is 12.8. The molecule has 0 bridgehead atoms. The van der Waals surface area contributed by atoms with Crippen molar-refractivity contribution in [2.75, 3.05) is 32.8 Å². The Morgan fingerprint density at radius 3 is 2.67 bits per heavy atom. The fraction of sp³-hybridized carbons (Fsp3) is 0.353. The van der Waals surface area contributed by atoms with Crippen LogP contribution in [0.25, 0.3) is 11.0 Å². The van der Waals surface area contributed by atoms with E-state index in [2.05, 4.69) is 19.6 Å². The van der Waals surface area contributed by atoms with Crippen LogP contribution in [0, 0.1) is 0 Å². The van der Waals surface area contributed by atoms with E-state index in [1.807, 2.05) is 6.07 Å². The van der Waals surface area contributed by atoms with Crippen molar-refractivity contribution in [2.24, 2.45) is 0 Å². The highest BCUT2D eigenvalue weighted by atomic mass is 32.2.